The van der Waals surface area contributed by atoms with Crippen LogP contribution < -0.4 is 14.8 Å². The Morgan fingerprint density at radius 2 is 1.79 bits per heavy atom. The maximum absolute atomic E-state index is 11.5. The van der Waals surface area contributed by atoms with Gasteiger partial charge in [0.05, 0.1) is 19.3 Å². The average molecular weight is 267 g/mol. The minimum atomic E-state index is -0.485. The van der Waals surface area contributed by atoms with Gasteiger partial charge >= 0.3 is 6.09 Å². The molecule has 0 heterocycles. The van der Waals surface area contributed by atoms with Gasteiger partial charge in [-0.25, -0.2) is 4.79 Å². The molecule has 0 saturated carbocycles. The quantitative estimate of drug-likeness (QED) is 0.857. The fourth-order valence-corrected chi connectivity index (χ4v) is 1.49. The minimum absolute atomic E-state index is 0.158. The van der Waals surface area contributed by atoms with E-state index in [1.54, 1.807) is 32.0 Å². The molecule has 0 saturated heterocycles. The van der Waals surface area contributed by atoms with Crippen LogP contribution in [-0.4, -0.2) is 25.4 Å². The van der Waals surface area contributed by atoms with Crippen molar-refractivity contribution in [2.24, 2.45) is 0 Å². The first-order valence-corrected chi connectivity index (χ1v) is 6.44. The van der Waals surface area contributed by atoms with E-state index in [4.69, 9.17) is 14.2 Å². The monoisotopic (exact) mass is 267 g/mol. The van der Waals surface area contributed by atoms with Gasteiger partial charge in [-0.1, -0.05) is 0 Å². The van der Waals surface area contributed by atoms with Crippen molar-refractivity contribution in [2.75, 3.05) is 18.5 Å². The molecule has 1 rings (SSSR count). The number of amides is 1. The van der Waals surface area contributed by atoms with Gasteiger partial charge in [-0.3, -0.25) is 5.32 Å². The third-order valence-corrected chi connectivity index (χ3v) is 2.13. The van der Waals surface area contributed by atoms with Gasteiger partial charge in [0, 0.05) is 11.8 Å². The van der Waals surface area contributed by atoms with Crippen LogP contribution in [0.5, 0.6) is 11.5 Å². The molecule has 0 aliphatic heterocycles. The van der Waals surface area contributed by atoms with Crippen LogP contribution in [0.2, 0.25) is 0 Å². The molecule has 1 N–H and O–H groups in total. The molecule has 0 unspecified atom stereocenters. The van der Waals surface area contributed by atoms with Crippen molar-refractivity contribution < 1.29 is 19.0 Å². The number of nitrogens with one attached hydrogen (secondary N) is 1. The van der Waals surface area contributed by atoms with E-state index in [-0.39, 0.29) is 6.10 Å². The summed E-state index contributed by atoms with van der Waals surface area (Å²) in [6.07, 6.45) is -0.643. The summed E-state index contributed by atoms with van der Waals surface area (Å²) in [6.45, 7) is 8.47. The van der Waals surface area contributed by atoms with E-state index in [0.717, 1.165) is 0 Å². The first-order chi connectivity index (χ1) is 9.06. The van der Waals surface area contributed by atoms with Crippen molar-refractivity contribution in [2.45, 2.75) is 33.8 Å². The Morgan fingerprint density at radius 1 is 1.16 bits per heavy atom. The second kappa shape index (κ2) is 7.51. The number of rotatable bonds is 6. The highest BCUT2D eigenvalue weighted by Crippen LogP contribution is 2.30. The third kappa shape index (κ3) is 5.07. The molecule has 0 spiro atoms. The highest BCUT2D eigenvalue weighted by atomic mass is 16.6. The van der Waals surface area contributed by atoms with Crippen molar-refractivity contribution >= 4 is 11.8 Å². The summed E-state index contributed by atoms with van der Waals surface area (Å²) in [5.74, 6) is 1.26. The van der Waals surface area contributed by atoms with E-state index in [0.29, 0.717) is 30.4 Å². The number of ether oxygens (including phenoxy) is 3. The number of anilines is 1. The fraction of sp³-hybridized carbons (Fsp3) is 0.500. The van der Waals surface area contributed by atoms with Crippen molar-refractivity contribution in [1.82, 2.24) is 0 Å². The van der Waals surface area contributed by atoms with Gasteiger partial charge in [-0.05, 0) is 39.8 Å². The lowest BCUT2D eigenvalue weighted by Gasteiger charge is -2.13. The second-order valence-electron chi connectivity index (χ2n) is 4.11. The first-order valence-electron chi connectivity index (χ1n) is 6.44. The number of carbonyl (C=O) groups is 1. The number of hydrogen-bond acceptors (Lipinski definition) is 4. The molecular formula is C14H21NO4. The lowest BCUT2D eigenvalue weighted by molar-refractivity contribution is 0.130. The number of carbonyl (C=O) groups excluding carboxylic acids is 1. The minimum Gasteiger partial charge on any atom is -0.490 e. The highest BCUT2D eigenvalue weighted by molar-refractivity contribution is 5.85. The molecule has 5 nitrogen and oxygen atoms in total. The Balaban J connectivity index is 2.79. The van der Waals surface area contributed by atoms with E-state index >= 15 is 0 Å². The average Bonchev–Trinajstić information content (AvgIpc) is 2.32. The molecular weight excluding hydrogens is 246 g/mol. The van der Waals surface area contributed by atoms with Crippen molar-refractivity contribution in [3.63, 3.8) is 0 Å². The predicted octanol–water partition coefficient (Wildman–Crippen LogP) is 3.44. The van der Waals surface area contributed by atoms with Crippen LogP contribution in [0.3, 0.4) is 0 Å². The summed E-state index contributed by atoms with van der Waals surface area (Å²) in [5, 5.41) is 2.64. The normalized spacial score (nSPS) is 10.2. The molecule has 5 heteroatoms. The molecule has 106 valence electrons. The van der Waals surface area contributed by atoms with Gasteiger partial charge < -0.3 is 14.2 Å². The van der Waals surface area contributed by atoms with Crippen LogP contribution in [0.1, 0.15) is 27.7 Å². The van der Waals surface area contributed by atoms with Crippen molar-refractivity contribution in [3.05, 3.63) is 18.2 Å². The third-order valence-electron chi connectivity index (χ3n) is 2.13. The van der Waals surface area contributed by atoms with E-state index in [9.17, 15) is 4.79 Å². The lowest BCUT2D eigenvalue weighted by Crippen LogP contribution is -2.18. The molecule has 0 bridgehead atoms. The SMILES string of the molecule is CCOc1ccc(NC(=O)OC(C)C)cc1OCC. The zero-order valence-corrected chi connectivity index (χ0v) is 11.9. The highest BCUT2D eigenvalue weighted by Gasteiger charge is 2.09. The lowest BCUT2D eigenvalue weighted by atomic mass is 10.2. The smallest absolute Gasteiger partial charge is 0.411 e. The van der Waals surface area contributed by atoms with Crippen molar-refractivity contribution in [1.29, 1.82) is 0 Å². The molecule has 0 aliphatic rings. The molecule has 0 fully saturated rings. The standard InChI is InChI=1S/C14H21NO4/c1-5-17-12-8-7-11(9-13(12)18-6-2)15-14(16)19-10(3)4/h7-10H,5-6H2,1-4H3,(H,15,16). The topological polar surface area (TPSA) is 56.8 Å². The molecule has 1 aromatic rings. The summed E-state index contributed by atoms with van der Waals surface area (Å²) in [5.41, 5.74) is 0.609. The maximum Gasteiger partial charge on any atom is 0.411 e. The van der Waals surface area contributed by atoms with Gasteiger partial charge in [-0.15, -0.1) is 0 Å². The fourth-order valence-electron chi connectivity index (χ4n) is 1.49. The van der Waals surface area contributed by atoms with E-state index in [2.05, 4.69) is 5.32 Å². The molecule has 19 heavy (non-hydrogen) atoms. The largest absolute Gasteiger partial charge is 0.490 e. The van der Waals surface area contributed by atoms with Gasteiger partial charge in [0.25, 0.3) is 0 Å². The number of hydrogen-bond donors (Lipinski definition) is 1. The summed E-state index contributed by atoms with van der Waals surface area (Å²) < 4.78 is 15.9. The Morgan fingerprint density at radius 3 is 2.37 bits per heavy atom. The van der Waals surface area contributed by atoms with E-state index < -0.39 is 6.09 Å². The van der Waals surface area contributed by atoms with E-state index in [1.165, 1.54) is 0 Å². The van der Waals surface area contributed by atoms with Gasteiger partial charge in [0.15, 0.2) is 11.5 Å². The summed E-state index contributed by atoms with van der Waals surface area (Å²) in [4.78, 5) is 11.5. The summed E-state index contributed by atoms with van der Waals surface area (Å²) in [7, 11) is 0. The van der Waals surface area contributed by atoms with Crippen LogP contribution in [0.25, 0.3) is 0 Å². The van der Waals surface area contributed by atoms with Crippen LogP contribution in [0.15, 0.2) is 18.2 Å². The zero-order chi connectivity index (χ0) is 14.3. The Hall–Kier alpha value is -1.91. The van der Waals surface area contributed by atoms with Crippen LogP contribution >= 0.6 is 0 Å². The number of benzene rings is 1. The van der Waals surface area contributed by atoms with Gasteiger partial charge in [-0.2, -0.15) is 0 Å². The Kier molecular flexibility index (Phi) is 5.99. The van der Waals surface area contributed by atoms with Gasteiger partial charge in [0.1, 0.15) is 0 Å². The van der Waals surface area contributed by atoms with Gasteiger partial charge in [0.2, 0.25) is 0 Å². The second-order valence-corrected chi connectivity index (χ2v) is 4.11. The first kappa shape index (κ1) is 15.1. The molecule has 0 atom stereocenters. The Labute approximate surface area is 113 Å². The van der Waals surface area contributed by atoms with Crippen LogP contribution in [-0.2, 0) is 4.74 Å². The summed E-state index contributed by atoms with van der Waals surface area (Å²) in [6, 6.07) is 5.23. The molecule has 0 radical (unpaired) electrons. The maximum atomic E-state index is 11.5. The predicted molar refractivity (Wildman–Crippen MR) is 74.0 cm³/mol. The van der Waals surface area contributed by atoms with Crippen molar-refractivity contribution in [3.8, 4) is 11.5 Å². The molecule has 0 aliphatic carbocycles. The molecule has 1 aromatic carbocycles. The molecule has 1 amide bonds. The summed E-state index contributed by atoms with van der Waals surface area (Å²) >= 11 is 0. The van der Waals surface area contributed by atoms with Crippen LogP contribution in [0, 0.1) is 0 Å². The van der Waals surface area contributed by atoms with E-state index in [1.807, 2.05) is 13.8 Å². The Bertz CT molecular complexity index is 418. The zero-order valence-electron chi connectivity index (χ0n) is 11.9. The van der Waals surface area contributed by atoms with Crippen LogP contribution in [0.4, 0.5) is 10.5 Å². The molecule has 0 aromatic heterocycles.